The Balaban J connectivity index is 1.24. The minimum Gasteiger partial charge on any atom is -0.440 e. The summed E-state index contributed by atoms with van der Waals surface area (Å²) in [5, 5.41) is 5.76. The predicted molar refractivity (Wildman–Crippen MR) is 107 cm³/mol. The second kappa shape index (κ2) is 7.70. The fourth-order valence-corrected chi connectivity index (χ4v) is 3.03. The molecule has 4 rings (SSSR count). The van der Waals surface area contributed by atoms with Crippen LogP contribution in [0.25, 0.3) is 11.1 Å². The van der Waals surface area contributed by atoms with Crippen LogP contribution in [0.3, 0.4) is 0 Å². The third kappa shape index (κ3) is 4.39. The van der Waals surface area contributed by atoms with Gasteiger partial charge in [-0.15, -0.1) is 0 Å². The number of rotatable bonds is 7. The molecule has 0 unspecified atom stereocenters. The van der Waals surface area contributed by atoms with Gasteiger partial charge >= 0.3 is 6.03 Å². The number of anilines is 2. The van der Waals surface area contributed by atoms with Gasteiger partial charge in [0.1, 0.15) is 5.52 Å². The lowest BCUT2D eigenvalue weighted by Crippen LogP contribution is -2.31. The SMILES string of the molecule is CN(CCCNC(=O)Nc1ccc2oc(C3CC3)nc2c1)c1ccccc1. The van der Waals surface area contributed by atoms with E-state index in [1.807, 2.05) is 36.4 Å². The van der Waals surface area contributed by atoms with Crippen molar-refractivity contribution in [2.45, 2.75) is 25.2 Å². The van der Waals surface area contributed by atoms with E-state index in [1.165, 1.54) is 5.69 Å². The summed E-state index contributed by atoms with van der Waals surface area (Å²) < 4.78 is 5.75. The summed E-state index contributed by atoms with van der Waals surface area (Å²) in [6.45, 7) is 1.49. The van der Waals surface area contributed by atoms with Gasteiger partial charge in [0, 0.05) is 37.4 Å². The molecule has 27 heavy (non-hydrogen) atoms. The van der Waals surface area contributed by atoms with Crippen LogP contribution in [0.5, 0.6) is 0 Å². The maximum atomic E-state index is 12.1. The van der Waals surface area contributed by atoms with Gasteiger partial charge in [0.25, 0.3) is 0 Å². The molecule has 140 valence electrons. The van der Waals surface area contributed by atoms with Gasteiger partial charge < -0.3 is 20.0 Å². The number of benzene rings is 2. The Morgan fingerprint density at radius 2 is 2.04 bits per heavy atom. The number of carbonyl (C=O) groups is 1. The lowest BCUT2D eigenvalue weighted by Gasteiger charge is -2.19. The molecule has 0 bridgehead atoms. The Bertz CT molecular complexity index is 918. The maximum Gasteiger partial charge on any atom is 0.319 e. The monoisotopic (exact) mass is 364 g/mol. The van der Waals surface area contributed by atoms with E-state index in [2.05, 4.69) is 39.7 Å². The first kappa shape index (κ1) is 17.4. The molecule has 1 aromatic heterocycles. The van der Waals surface area contributed by atoms with E-state index in [0.29, 0.717) is 12.5 Å². The number of amides is 2. The highest BCUT2D eigenvalue weighted by Gasteiger charge is 2.28. The summed E-state index contributed by atoms with van der Waals surface area (Å²) in [7, 11) is 2.05. The van der Waals surface area contributed by atoms with E-state index in [0.717, 1.165) is 48.5 Å². The molecular weight excluding hydrogens is 340 g/mol. The molecule has 1 saturated carbocycles. The van der Waals surface area contributed by atoms with E-state index in [9.17, 15) is 4.79 Å². The molecule has 0 atom stereocenters. The van der Waals surface area contributed by atoms with Gasteiger partial charge in [0.15, 0.2) is 11.5 Å². The van der Waals surface area contributed by atoms with Crippen LogP contribution in [0.4, 0.5) is 16.2 Å². The highest BCUT2D eigenvalue weighted by molar-refractivity contribution is 5.91. The Kier molecular flexibility index (Phi) is 4.96. The zero-order valence-corrected chi connectivity index (χ0v) is 15.4. The average molecular weight is 364 g/mol. The van der Waals surface area contributed by atoms with Crippen LogP contribution in [0, 0.1) is 0 Å². The summed E-state index contributed by atoms with van der Waals surface area (Å²) in [5.74, 6) is 1.29. The number of hydrogen-bond acceptors (Lipinski definition) is 4. The standard InChI is InChI=1S/C21H24N4O2/c1-25(17-6-3-2-4-7-17)13-5-12-22-21(26)23-16-10-11-19-18(14-16)24-20(27-19)15-8-9-15/h2-4,6-7,10-11,14-15H,5,8-9,12-13H2,1H3,(H2,22,23,26). The van der Waals surface area contributed by atoms with Crippen molar-refractivity contribution in [3.05, 3.63) is 54.4 Å². The number of aromatic nitrogens is 1. The van der Waals surface area contributed by atoms with Crippen LogP contribution in [0.15, 0.2) is 52.9 Å². The molecule has 1 aliphatic rings. The van der Waals surface area contributed by atoms with E-state index >= 15 is 0 Å². The molecule has 1 fully saturated rings. The van der Waals surface area contributed by atoms with Crippen LogP contribution in [-0.4, -0.2) is 31.2 Å². The fraction of sp³-hybridized carbons (Fsp3) is 0.333. The van der Waals surface area contributed by atoms with E-state index in [4.69, 9.17) is 4.42 Å². The lowest BCUT2D eigenvalue weighted by atomic mass is 10.3. The van der Waals surface area contributed by atoms with Crippen LogP contribution in [-0.2, 0) is 0 Å². The molecule has 6 nitrogen and oxygen atoms in total. The molecule has 6 heteroatoms. The summed E-state index contributed by atoms with van der Waals surface area (Å²) in [5.41, 5.74) is 3.46. The van der Waals surface area contributed by atoms with Gasteiger partial charge in [0.2, 0.25) is 0 Å². The summed E-state index contributed by atoms with van der Waals surface area (Å²) in [4.78, 5) is 18.8. The summed E-state index contributed by atoms with van der Waals surface area (Å²) in [6.07, 6.45) is 3.17. The highest BCUT2D eigenvalue weighted by atomic mass is 16.3. The highest BCUT2D eigenvalue weighted by Crippen LogP contribution is 2.40. The number of hydrogen-bond donors (Lipinski definition) is 2. The van der Waals surface area contributed by atoms with Gasteiger partial charge in [-0.05, 0) is 49.6 Å². The fourth-order valence-electron chi connectivity index (χ4n) is 3.03. The molecule has 0 spiro atoms. The predicted octanol–water partition coefficient (Wildman–Crippen LogP) is 4.35. The molecule has 0 saturated heterocycles. The molecule has 0 aliphatic heterocycles. The van der Waals surface area contributed by atoms with Crippen molar-refractivity contribution >= 4 is 28.5 Å². The van der Waals surface area contributed by atoms with Crippen molar-refractivity contribution in [3.63, 3.8) is 0 Å². The molecule has 2 N–H and O–H groups in total. The van der Waals surface area contributed by atoms with Crippen LogP contribution >= 0.6 is 0 Å². The quantitative estimate of drug-likeness (QED) is 0.611. The number of nitrogens with zero attached hydrogens (tertiary/aromatic N) is 2. The van der Waals surface area contributed by atoms with E-state index in [-0.39, 0.29) is 6.03 Å². The average Bonchev–Trinajstić information content (AvgIpc) is 3.45. The van der Waals surface area contributed by atoms with Crippen molar-refractivity contribution in [2.75, 3.05) is 30.4 Å². The lowest BCUT2D eigenvalue weighted by molar-refractivity contribution is 0.252. The molecular formula is C21H24N4O2. The third-order valence-corrected chi connectivity index (χ3v) is 4.74. The van der Waals surface area contributed by atoms with Crippen molar-refractivity contribution in [1.29, 1.82) is 0 Å². The number of fused-ring (bicyclic) bond motifs is 1. The topological polar surface area (TPSA) is 70.4 Å². The van der Waals surface area contributed by atoms with E-state index in [1.54, 1.807) is 0 Å². The third-order valence-electron chi connectivity index (χ3n) is 4.74. The molecule has 1 heterocycles. The first-order valence-corrected chi connectivity index (χ1v) is 9.40. The summed E-state index contributed by atoms with van der Waals surface area (Å²) in [6, 6.07) is 15.6. The Labute approximate surface area is 158 Å². The Hall–Kier alpha value is -3.02. The summed E-state index contributed by atoms with van der Waals surface area (Å²) >= 11 is 0. The molecule has 2 aromatic carbocycles. The van der Waals surface area contributed by atoms with Crippen molar-refractivity contribution in [3.8, 4) is 0 Å². The zero-order chi connectivity index (χ0) is 18.6. The number of carbonyl (C=O) groups excluding carboxylic acids is 1. The second-order valence-electron chi connectivity index (χ2n) is 7.00. The number of nitrogens with one attached hydrogen (secondary N) is 2. The van der Waals surface area contributed by atoms with Gasteiger partial charge in [-0.25, -0.2) is 9.78 Å². The van der Waals surface area contributed by atoms with Crippen molar-refractivity contribution in [2.24, 2.45) is 0 Å². The molecule has 1 aliphatic carbocycles. The zero-order valence-electron chi connectivity index (χ0n) is 15.4. The normalized spacial score (nSPS) is 13.5. The number of para-hydroxylation sites is 1. The van der Waals surface area contributed by atoms with Gasteiger partial charge in [-0.3, -0.25) is 0 Å². The molecule has 0 radical (unpaired) electrons. The smallest absolute Gasteiger partial charge is 0.319 e. The number of oxazole rings is 1. The van der Waals surface area contributed by atoms with Gasteiger partial charge in [-0.2, -0.15) is 0 Å². The minimum atomic E-state index is -0.206. The molecule has 2 amide bonds. The molecule has 3 aromatic rings. The Morgan fingerprint density at radius 1 is 1.22 bits per heavy atom. The van der Waals surface area contributed by atoms with Crippen molar-refractivity contribution < 1.29 is 9.21 Å². The van der Waals surface area contributed by atoms with Gasteiger partial charge in [-0.1, -0.05) is 18.2 Å². The van der Waals surface area contributed by atoms with Crippen LogP contribution < -0.4 is 15.5 Å². The van der Waals surface area contributed by atoms with Gasteiger partial charge in [0.05, 0.1) is 0 Å². The van der Waals surface area contributed by atoms with Crippen LogP contribution in [0.2, 0.25) is 0 Å². The van der Waals surface area contributed by atoms with Crippen molar-refractivity contribution in [1.82, 2.24) is 10.3 Å². The first-order valence-electron chi connectivity index (χ1n) is 9.40. The van der Waals surface area contributed by atoms with Crippen LogP contribution in [0.1, 0.15) is 31.1 Å². The Morgan fingerprint density at radius 3 is 2.81 bits per heavy atom. The largest absolute Gasteiger partial charge is 0.440 e. The number of urea groups is 1. The first-order chi connectivity index (χ1) is 13.2. The maximum absolute atomic E-state index is 12.1. The second-order valence-corrected chi connectivity index (χ2v) is 7.00. The minimum absolute atomic E-state index is 0.206. The van der Waals surface area contributed by atoms with E-state index < -0.39 is 0 Å².